The predicted molar refractivity (Wildman–Crippen MR) is 197 cm³/mol. The number of methoxy groups -OCH3 is 1. The Balaban J connectivity index is 1.13. The van der Waals surface area contributed by atoms with Crippen LogP contribution in [0.4, 0.5) is 4.79 Å². The molecule has 0 bridgehead atoms. The van der Waals surface area contributed by atoms with Gasteiger partial charge in [-0.3, -0.25) is 0 Å². The van der Waals surface area contributed by atoms with Gasteiger partial charge < -0.3 is 30.0 Å². The van der Waals surface area contributed by atoms with Crippen LogP contribution in [0.1, 0.15) is 46.6 Å². The highest BCUT2D eigenvalue weighted by molar-refractivity contribution is 7.99. The lowest BCUT2D eigenvalue weighted by Gasteiger charge is -2.36. The largest absolute Gasteiger partial charge is 0.467 e. The number of rotatable bonds is 13. The van der Waals surface area contributed by atoms with E-state index in [4.69, 9.17) is 14.2 Å². The van der Waals surface area contributed by atoms with Crippen LogP contribution in [0.3, 0.4) is 0 Å². The van der Waals surface area contributed by atoms with Crippen molar-refractivity contribution in [2.75, 3.05) is 12.9 Å². The first-order chi connectivity index (χ1) is 25.0. The van der Waals surface area contributed by atoms with Crippen molar-refractivity contribution in [3.8, 4) is 11.1 Å². The summed E-state index contributed by atoms with van der Waals surface area (Å²) in [6, 6.07) is 37.9. The van der Waals surface area contributed by atoms with E-state index in [-0.39, 0.29) is 25.4 Å². The number of carbonyl (C=O) groups is 2. The zero-order valence-electron chi connectivity index (χ0n) is 28.3. The van der Waals surface area contributed by atoms with E-state index in [0.29, 0.717) is 12.8 Å². The number of amides is 2. The van der Waals surface area contributed by atoms with Crippen LogP contribution in [0.25, 0.3) is 11.1 Å². The summed E-state index contributed by atoms with van der Waals surface area (Å²) < 4.78 is 18.0. The van der Waals surface area contributed by atoms with Gasteiger partial charge in [0.1, 0.15) is 6.04 Å². The van der Waals surface area contributed by atoms with E-state index in [1.807, 2.05) is 121 Å². The van der Waals surface area contributed by atoms with Gasteiger partial charge in [-0.25, -0.2) is 14.6 Å². The molecular weight excluding hydrogens is 663 g/mol. The molecule has 2 heterocycles. The number of hydrogen-bond acceptors (Lipinski definition) is 8. The summed E-state index contributed by atoms with van der Waals surface area (Å²) in [5.74, 6) is 0.213. The van der Waals surface area contributed by atoms with Crippen LogP contribution < -0.4 is 10.6 Å². The van der Waals surface area contributed by atoms with Crippen molar-refractivity contribution in [2.45, 2.75) is 55.6 Å². The maximum absolute atomic E-state index is 12.9. The number of nitrogens with one attached hydrogen (secondary N) is 2. The predicted octanol–water partition coefficient (Wildman–Crippen LogP) is 7.16. The van der Waals surface area contributed by atoms with Gasteiger partial charge in [0.05, 0.1) is 31.0 Å². The Labute approximate surface area is 302 Å². The quantitative estimate of drug-likeness (QED) is 0.0874. The first-order valence-electron chi connectivity index (χ1n) is 16.9. The van der Waals surface area contributed by atoms with Crippen molar-refractivity contribution >= 4 is 23.8 Å². The minimum absolute atomic E-state index is 0.00969. The molecular formula is C41H41N3O6S. The molecule has 1 aliphatic heterocycles. The zero-order valence-corrected chi connectivity index (χ0v) is 29.1. The average molecular weight is 704 g/mol. The number of urea groups is 1. The molecule has 1 fully saturated rings. The van der Waals surface area contributed by atoms with Crippen LogP contribution in [0.15, 0.2) is 133 Å². The monoisotopic (exact) mass is 703 g/mol. The van der Waals surface area contributed by atoms with Crippen LogP contribution in [0.5, 0.6) is 0 Å². The van der Waals surface area contributed by atoms with Crippen molar-refractivity contribution in [1.29, 1.82) is 0 Å². The standard InChI is InChI=1S/C41H41N3O6S/c1-48-39(46)36(23-28-9-3-2-4-10-28)44-41(47)43-25-33-11-5-6-12-35(33)30-18-20-32(21-19-30)40-49-34(27-51-38-13-7-8-22-42-38)24-37(50-40)31-16-14-29(26-45)15-17-31/h2-22,34,36-37,40,45H,23-27H2,1H3,(H2,43,44,47). The third-order valence-electron chi connectivity index (χ3n) is 8.69. The zero-order chi connectivity index (χ0) is 35.4. The molecule has 5 aromatic rings. The highest BCUT2D eigenvalue weighted by atomic mass is 32.2. The van der Waals surface area contributed by atoms with Crippen LogP contribution in [-0.2, 0) is 38.6 Å². The molecule has 4 atom stereocenters. The van der Waals surface area contributed by atoms with Crippen molar-refractivity contribution in [1.82, 2.24) is 15.6 Å². The Hall–Kier alpha value is -5.00. The SMILES string of the molecule is COC(=O)C(Cc1ccccc1)NC(=O)NCc1ccccc1-c1ccc(C2OC(CSc3ccccn3)CC(c3ccc(CO)cc3)O2)cc1. The molecule has 0 aliphatic carbocycles. The second kappa shape index (κ2) is 17.8. The Morgan fingerprint density at radius 2 is 1.59 bits per heavy atom. The molecule has 0 spiro atoms. The molecule has 4 aromatic carbocycles. The second-order valence-corrected chi connectivity index (χ2v) is 13.2. The molecule has 6 rings (SSSR count). The molecule has 3 N–H and O–H groups in total. The first kappa shape index (κ1) is 35.8. The molecule has 2 amide bonds. The molecule has 9 nitrogen and oxygen atoms in total. The van der Waals surface area contributed by atoms with E-state index in [1.165, 1.54) is 7.11 Å². The van der Waals surface area contributed by atoms with Crippen LogP contribution >= 0.6 is 11.8 Å². The van der Waals surface area contributed by atoms with Crippen molar-refractivity contribution < 1.29 is 28.9 Å². The second-order valence-electron chi connectivity index (χ2n) is 12.2. The summed E-state index contributed by atoms with van der Waals surface area (Å²) >= 11 is 1.66. The van der Waals surface area contributed by atoms with Gasteiger partial charge in [0, 0.05) is 36.9 Å². The Morgan fingerprint density at radius 1 is 0.863 bits per heavy atom. The summed E-state index contributed by atoms with van der Waals surface area (Å²) in [6.45, 7) is 0.244. The first-order valence-corrected chi connectivity index (χ1v) is 17.9. The van der Waals surface area contributed by atoms with Crippen molar-refractivity contribution in [2.24, 2.45) is 0 Å². The lowest BCUT2D eigenvalue weighted by molar-refractivity contribution is -0.245. The van der Waals surface area contributed by atoms with E-state index in [9.17, 15) is 14.7 Å². The third-order valence-corrected chi connectivity index (χ3v) is 9.77. The molecule has 1 aromatic heterocycles. The van der Waals surface area contributed by atoms with Crippen molar-refractivity contribution in [3.63, 3.8) is 0 Å². The third kappa shape index (κ3) is 9.83. The number of carbonyl (C=O) groups excluding carboxylic acids is 2. The fourth-order valence-electron chi connectivity index (χ4n) is 5.98. The smallest absolute Gasteiger partial charge is 0.328 e. The fourth-order valence-corrected chi connectivity index (χ4v) is 6.86. The number of hydrogen-bond donors (Lipinski definition) is 3. The molecule has 4 unspecified atom stereocenters. The number of nitrogens with zero attached hydrogens (tertiary/aromatic N) is 1. The number of ether oxygens (including phenoxy) is 3. The minimum atomic E-state index is -0.822. The lowest BCUT2D eigenvalue weighted by atomic mass is 9.98. The highest BCUT2D eigenvalue weighted by Crippen LogP contribution is 2.40. The maximum atomic E-state index is 12.9. The molecule has 0 radical (unpaired) electrons. The fraction of sp³-hybridized carbons (Fsp3) is 0.244. The van der Waals surface area contributed by atoms with Gasteiger partial charge in [0.2, 0.25) is 0 Å². The maximum Gasteiger partial charge on any atom is 0.328 e. The van der Waals surface area contributed by atoms with Gasteiger partial charge in [-0.05, 0) is 45.5 Å². The molecule has 51 heavy (non-hydrogen) atoms. The lowest BCUT2D eigenvalue weighted by Crippen LogP contribution is -2.47. The number of aromatic nitrogens is 1. The molecule has 10 heteroatoms. The Morgan fingerprint density at radius 3 is 2.31 bits per heavy atom. The topological polar surface area (TPSA) is 119 Å². The van der Waals surface area contributed by atoms with Gasteiger partial charge in [0.25, 0.3) is 0 Å². The molecule has 0 saturated carbocycles. The van der Waals surface area contributed by atoms with E-state index in [0.717, 1.165) is 49.7 Å². The number of aliphatic hydroxyl groups excluding tert-OH is 1. The highest BCUT2D eigenvalue weighted by Gasteiger charge is 2.32. The number of aliphatic hydroxyl groups is 1. The summed E-state index contributed by atoms with van der Waals surface area (Å²) in [7, 11) is 1.31. The summed E-state index contributed by atoms with van der Waals surface area (Å²) in [6.07, 6.45) is 1.95. The normalized spacial score (nSPS) is 17.6. The van der Waals surface area contributed by atoms with Gasteiger partial charge >= 0.3 is 12.0 Å². The van der Waals surface area contributed by atoms with Gasteiger partial charge in [-0.2, -0.15) is 0 Å². The summed E-state index contributed by atoms with van der Waals surface area (Å²) in [4.78, 5) is 29.8. The number of benzene rings is 4. The average Bonchev–Trinajstić information content (AvgIpc) is 3.19. The van der Waals surface area contributed by atoms with E-state index in [2.05, 4.69) is 15.6 Å². The molecule has 262 valence electrons. The Bertz CT molecular complexity index is 1860. The van der Waals surface area contributed by atoms with Gasteiger partial charge in [-0.1, -0.05) is 109 Å². The van der Waals surface area contributed by atoms with E-state index >= 15 is 0 Å². The summed E-state index contributed by atoms with van der Waals surface area (Å²) in [5, 5.41) is 16.1. The van der Waals surface area contributed by atoms with Crippen LogP contribution in [0.2, 0.25) is 0 Å². The molecule has 1 aliphatic rings. The minimum Gasteiger partial charge on any atom is -0.467 e. The Kier molecular flexibility index (Phi) is 12.5. The van der Waals surface area contributed by atoms with Crippen molar-refractivity contribution in [3.05, 3.63) is 155 Å². The van der Waals surface area contributed by atoms with Gasteiger partial charge in [0.15, 0.2) is 6.29 Å². The van der Waals surface area contributed by atoms with E-state index in [1.54, 1.807) is 18.0 Å². The van der Waals surface area contributed by atoms with E-state index < -0.39 is 24.3 Å². The van der Waals surface area contributed by atoms with Crippen LogP contribution in [-0.4, -0.2) is 47.1 Å². The number of thioether (sulfide) groups is 1. The number of pyridine rings is 1. The summed E-state index contributed by atoms with van der Waals surface area (Å²) in [5.41, 5.74) is 6.56. The molecule has 1 saturated heterocycles. The van der Waals surface area contributed by atoms with Crippen LogP contribution in [0, 0.1) is 0 Å². The van der Waals surface area contributed by atoms with Gasteiger partial charge in [-0.15, -0.1) is 11.8 Å². The number of esters is 1.